The van der Waals surface area contributed by atoms with Crippen LogP contribution >= 0.6 is 0 Å². The molecule has 1 aliphatic heterocycles. The van der Waals surface area contributed by atoms with Crippen molar-refractivity contribution in [2.45, 2.75) is 13.3 Å². The Morgan fingerprint density at radius 1 is 1.56 bits per heavy atom. The van der Waals surface area contributed by atoms with Crippen LogP contribution in [0, 0.1) is 6.92 Å². The average molecular weight is 223 g/mol. The van der Waals surface area contributed by atoms with Crippen molar-refractivity contribution in [3.63, 3.8) is 0 Å². The Kier molecular flexibility index (Phi) is 2.89. The maximum absolute atomic E-state index is 12.0. The van der Waals surface area contributed by atoms with Gasteiger partial charge in [0.2, 0.25) is 5.91 Å². The van der Waals surface area contributed by atoms with E-state index in [1.807, 2.05) is 0 Å². The highest BCUT2D eigenvalue weighted by Crippen LogP contribution is 2.10. The van der Waals surface area contributed by atoms with Gasteiger partial charge in [-0.1, -0.05) is 5.16 Å². The maximum atomic E-state index is 12.0. The number of hydrogen-bond acceptors (Lipinski definition) is 4. The highest BCUT2D eigenvalue weighted by molar-refractivity contribution is 5.95. The van der Waals surface area contributed by atoms with E-state index in [1.165, 1.54) is 6.20 Å². The lowest BCUT2D eigenvalue weighted by Gasteiger charge is -2.18. The van der Waals surface area contributed by atoms with Crippen LogP contribution in [0.25, 0.3) is 0 Å². The average Bonchev–Trinajstić information content (AvgIpc) is 2.56. The van der Waals surface area contributed by atoms with E-state index >= 15 is 0 Å². The molecule has 1 aromatic rings. The first-order valence-electron chi connectivity index (χ1n) is 5.15. The molecule has 1 N–H and O–H groups in total. The van der Waals surface area contributed by atoms with Gasteiger partial charge in [0.05, 0.1) is 6.20 Å². The van der Waals surface area contributed by atoms with E-state index in [0.29, 0.717) is 37.4 Å². The van der Waals surface area contributed by atoms with E-state index in [-0.39, 0.29) is 11.8 Å². The normalized spacial score (nSPS) is 16.8. The van der Waals surface area contributed by atoms with E-state index in [1.54, 1.807) is 11.8 Å². The minimum atomic E-state index is -0.129. The molecule has 0 saturated carbocycles. The molecule has 2 rings (SSSR count). The number of carbonyl (C=O) groups is 2. The van der Waals surface area contributed by atoms with Gasteiger partial charge in [0.25, 0.3) is 5.91 Å². The molecular weight excluding hydrogens is 210 g/mol. The Balaban J connectivity index is 2.10. The summed E-state index contributed by atoms with van der Waals surface area (Å²) >= 11 is 0. The Labute approximate surface area is 92.6 Å². The van der Waals surface area contributed by atoms with E-state index in [0.717, 1.165) is 0 Å². The first kappa shape index (κ1) is 10.7. The molecule has 2 heterocycles. The molecule has 0 radical (unpaired) electrons. The lowest BCUT2D eigenvalue weighted by molar-refractivity contribution is -0.120. The molecule has 1 aliphatic rings. The summed E-state index contributed by atoms with van der Waals surface area (Å²) in [6.45, 7) is 3.15. The van der Waals surface area contributed by atoms with Crippen LogP contribution < -0.4 is 5.32 Å². The summed E-state index contributed by atoms with van der Waals surface area (Å²) < 4.78 is 4.85. The van der Waals surface area contributed by atoms with Crippen LogP contribution in [0.5, 0.6) is 0 Å². The zero-order valence-corrected chi connectivity index (χ0v) is 9.02. The Morgan fingerprint density at radius 3 is 3.06 bits per heavy atom. The van der Waals surface area contributed by atoms with E-state index in [2.05, 4.69) is 10.5 Å². The largest absolute Gasteiger partial charge is 0.361 e. The molecule has 1 aromatic heterocycles. The van der Waals surface area contributed by atoms with Crippen LogP contribution in [0.3, 0.4) is 0 Å². The van der Waals surface area contributed by atoms with Crippen molar-refractivity contribution >= 4 is 11.8 Å². The van der Waals surface area contributed by atoms with Crippen LogP contribution in [-0.2, 0) is 4.79 Å². The predicted molar refractivity (Wildman–Crippen MR) is 54.8 cm³/mol. The van der Waals surface area contributed by atoms with Gasteiger partial charge < -0.3 is 14.7 Å². The summed E-state index contributed by atoms with van der Waals surface area (Å²) in [5.41, 5.74) is 0.467. The fourth-order valence-electron chi connectivity index (χ4n) is 1.64. The van der Waals surface area contributed by atoms with Gasteiger partial charge in [-0.25, -0.2) is 0 Å². The SMILES string of the molecule is Cc1oncc1C(=O)N1CCNC(=O)CC1. The fraction of sp³-hybridized carbons (Fsp3) is 0.500. The number of amides is 2. The molecule has 2 amide bonds. The molecule has 86 valence electrons. The number of hydrogen-bond donors (Lipinski definition) is 1. The van der Waals surface area contributed by atoms with Crippen molar-refractivity contribution in [2.24, 2.45) is 0 Å². The van der Waals surface area contributed by atoms with E-state index < -0.39 is 0 Å². The lowest BCUT2D eigenvalue weighted by Crippen LogP contribution is -2.34. The van der Waals surface area contributed by atoms with Crippen LogP contribution in [0.1, 0.15) is 22.5 Å². The van der Waals surface area contributed by atoms with Gasteiger partial charge in [-0.2, -0.15) is 0 Å². The molecule has 0 atom stereocenters. The summed E-state index contributed by atoms with van der Waals surface area (Å²) in [6, 6.07) is 0. The summed E-state index contributed by atoms with van der Waals surface area (Å²) in [5, 5.41) is 6.29. The molecule has 16 heavy (non-hydrogen) atoms. The van der Waals surface area contributed by atoms with Crippen LogP contribution in [0.2, 0.25) is 0 Å². The smallest absolute Gasteiger partial charge is 0.259 e. The quantitative estimate of drug-likeness (QED) is 0.724. The van der Waals surface area contributed by atoms with Crippen molar-refractivity contribution < 1.29 is 14.1 Å². The number of carbonyl (C=O) groups excluding carboxylic acids is 2. The summed E-state index contributed by atoms with van der Waals surface area (Å²) in [7, 11) is 0. The van der Waals surface area contributed by atoms with Crippen molar-refractivity contribution in [3.8, 4) is 0 Å². The topological polar surface area (TPSA) is 75.4 Å². The zero-order chi connectivity index (χ0) is 11.5. The molecule has 0 aromatic carbocycles. The Morgan fingerprint density at radius 2 is 2.38 bits per heavy atom. The van der Waals surface area contributed by atoms with Gasteiger partial charge in [-0.15, -0.1) is 0 Å². The Bertz CT molecular complexity index is 413. The third-order valence-electron chi connectivity index (χ3n) is 2.58. The number of aryl methyl sites for hydroxylation is 1. The lowest BCUT2D eigenvalue weighted by atomic mass is 10.2. The molecule has 0 spiro atoms. The predicted octanol–water partition coefficient (Wildman–Crippen LogP) is -0.0549. The first-order valence-corrected chi connectivity index (χ1v) is 5.15. The summed E-state index contributed by atoms with van der Waals surface area (Å²) in [6.07, 6.45) is 1.76. The summed E-state index contributed by atoms with van der Waals surface area (Å²) in [5.74, 6) is 0.362. The second-order valence-corrected chi connectivity index (χ2v) is 3.69. The number of nitrogens with one attached hydrogen (secondary N) is 1. The van der Waals surface area contributed by atoms with Crippen LogP contribution in [-0.4, -0.2) is 41.5 Å². The van der Waals surface area contributed by atoms with Gasteiger partial charge in [-0.05, 0) is 6.92 Å². The molecule has 1 saturated heterocycles. The van der Waals surface area contributed by atoms with Gasteiger partial charge in [0, 0.05) is 26.1 Å². The minimum Gasteiger partial charge on any atom is -0.361 e. The fourth-order valence-corrected chi connectivity index (χ4v) is 1.64. The third-order valence-corrected chi connectivity index (χ3v) is 2.58. The van der Waals surface area contributed by atoms with E-state index in [9.17, 15) is 9.59 Å². The van der Waals surface area contributed by atoms with Crippen LogP contribution in [0.15, 0.2) is 10.7 Å². The zero-order valence-electron chi connectivity index (χ0n) is 9.02. The minimum absolute atomic E-state index is 0.0164. The standard InChI is InChI=1S/C10H13N3O3/c1-7-8(6-12-16-7)10(15)13-4-2-9(14)11-3-5-13/h6H,2-5H2,1H3,(H,11,14). The number of nitrogens with zero attached hydrogens (tertiary/aromatic N) is 2. The maximum Gasteiger partial charge on any atom is 0.259 e. The highest BCUT2D eigenvalue weighted by Gasteiger charge is 2.22. The van der Waals surface area contributed by atoms with Crippen molar-refractivity contribution in [1.82, 2.24) is 15.4 Å². The molecule has 0 aliphatic carbocycles. The third kappa shape index (κ3) is 2.05. The highest BCUT2D eigenvalue weighted by atomic mass is 16.5. The van der Waals surface area contributed by atoms with E-state index in [4.69, 9.17) is 4.52 Å². The number of aromatic nitrogens is 1. The van der Waals surface area contributed by atoms with Gasteiger partial charge in [0.1, 0.15) is 11.3 Å². The molecule has 6 heteroatoms. The van der Waals surface area contributed by atoms with Gasteiger partial charge in [0.15, 0.2) is 0 Å². The second kappa shape index (κ2) is 4.34. The Hall–Kier alpha value is -1.85. The summed E-state index contributed by atoms with van der Waals surface area (Å²) in [4.78, 5) is 24.8. The molecule has 0 unspecified atom stereocenters. The van der Waals surface area contributed by atoms with Gasteiger partial charge >= 0.3 is 0 Å². The monoisotopic (exact) mass is 223 g/mol. The number of rotatable bonds is 1. The van der Waals surface area contributed by atoms with Gasteiger partial charge in [-0.3, -0.25) is 9.59 Å². The molecular formula is C10H13N3O3. The van der Waals surface area contributed by atoms with Crippen molar-refractivity contribution in [3.05, 3.63) is 17.5 Å². The first-order chi connectivity index (χ1) is 7.68. The molecule has 1 fully saturated rings. The molecule has 0 bridgehead atoms. The molecule has 6 nitrogen and oxygen atoms in total. The van der Waals surface area contributed by atoms with Crippen molar-refractivity contribution in [2.75, 3.05) is 19.6 Å². The van der Waals surface area contributed by atoms with Crippen LogP contribution in [0.4, 0.5) is 0 Å². The van der Waals surface area contributed by atoms with Crippen molar-refractivity contribution in [1.29, 1.82) is 0 Å². The second-order valence-electron chi connectivity index (χ2n) is 3.69.